The van der Waals surface area contributed by atoms with E-state index in [1.54, 1.807) is 6.08 Å². The first-order valence-corrected chi connectivity index (χ1v) is 5.61. The number of nitrogens with zero attached hydrogens (tertiary/aromatic N) is 3. The fourth-order valence-electron chi connectivity index (χ4n) is 1.64. The van der Waals surface area contributed by atoms with Gasteiger partial charge in [0.25, 0.3) is 0 Å². The molecule has 0 spiro atoms. The molecule has 16 heavy (non-hydrogen) atoms. The van der Waals surface area contributed by atoms with Gasteiger partial charge in [0.05, 0.1) is 0 Å². The van der Waals surface area contributed by atoms with E-state index in [1.807, 2.05) is 13.1 Å². The molecule has 0 aliphatic carbocycles. The quantitative estimate of drug-likeness (QED) is 0.551. The van der Waals surface area contributed by atoms with Crippen LogP contribution >= 0.6 is 0 Å². The highest BCUT2D eigenvalue weighted by molar-refractivity contribution is 5.96. The molecule has 0 unspecified atom stereocenters. The summed E-state index contributed by atoms with van der Waals surface area (Å²) < 4.78 is 0. The minimum atomic E-state index is 0.569. The minimum absolute atomic E-state index is 0.569. The third kappa shape index (κ3) is 4.59. The van der Waals surface area contributed by atoms with Gasteiger partial charge in [0.2, 0.25) is 0 Å². The second kappa shape index (κ2) is 6.45. The summed E-state index contributed by atoms with van der Waals surface area (Å²) in [5, 5.41) is 0. The lowest BCUT2D eigenvalue weighted by Crippen LogP contribution is -2.46. The van der Waals surface area contributed by atoms with Gasteiger partial charge in [-0.25, -0.2) is 0 Å². The Hall–Kier alpha value is -1.13. The lowest BCUT2D eigenvalue weighted by molar-refractivity contribution is 0.170. The van der Waals surface area contributed by atoms with Crippen LogP contribution in [0.4, 0.5) is 0 Å². The summed E-state index contributed by atoms with van der Waals surface area (Å²) in [7, 11) is 3.97. The fourth-order valence-corrected chi connectivity index (χ4v) is 1.64. The SMILES string of the molecule is C=C(N)/C=C\C(CN1CCN(C)CC1)=NC. The maximum atomic E-state index is 5.49. The highest BCUT2D eigenvalue weighted by atomic mass is 15.2. The standard InChI is InChI=1S/C12H22N4/c1-11(13)4-5-12(14-2)10-16-8-6-15(3)7-9-16/h4-5H,1,6-10,13H2,2-3H3/b5-4-,14-12?. The Morgan fingerprint density at radius 2 is 1.94 bits per heavy atom. The first-order chi connectivity index (χ1) is 7.61. The van der Waals surface area contributed by atoms with Crippen molar-refractivity contribution in [3.05, 3.63) is 24.4 Å². The molecule has 0 aromatic carbocycles. The zero-order valence-corrected chi connectivity index (χ0v) is 10.3. The van der Waals surface area contributed by atoms with Gasteiger partial charge in [0, 0.05) is 51.2 Å². The predicted molar refractivity (Wildman–Crippen MR) is 69.8 cm³/mol. The molecule has 4 nitrogen and oxygen atoms in total. The second-order valence-electron chi connectivity index (χ2n) is 4.20. The highest BCUT2D eigenvalue weighted by Crippen LogP contribution is 2.00. The van der Waals surface area contributed by atoms with E-state index in [0.717, 1.165) is 38.4 Å². The van der Waals surface area contributed by atoms with Crippen molar-refractivity contribution in [3.8, 4) is 0 Å². The van der Waals surface area contributed by atoms with Crippen LogP contribution in [0.15, 0.2) is 29.4 Å². The molecule has 4 heteroatoms. The van der Waals surface area contributed by atoms with Gasteiger partial charge in [-0.3, -0.25) is 9.89 Å². The van der Waals surface area contributed by atoms with Crippen LogP contribution in [0.2, 0.25) is 0 Å². The average Bonchev–Trinajstić information content (AvgIpc) is 2.26. The van der Waals surface area contributed by atoms with Gasteiger partial charge in [0.1, 0.15) is 0 Å². The van der Waals surface area contributed by atoms with E-state index in [-0.39, 0.29) is 0 Å². The Morgan fingerprint density at radius 3 is 2.44 bits per heavy atom. The van der Waals surface area contributed by atoms with E-state index in [9.17, 15) is 0 Å². The smallest absolute Gasteiger partial charge is 0.0486 e. The molecule has 1 aliphatic rings. The van der Waals surface area contributed by atoms with Crippen molar-refractivity contribution in [1.29, 1.82) is 0 Å². The molecule has 0 atom stereocenters. The molecule has 0 saturated carbocycles. The molecule has 0 aromatic heterocycles. The Kier molecular flexibility index (Phi) is 5.22. The van der Waals surface area contributed by atoms with Gasteiger partial charge in [-0.2, -0.15) is 0 Å². The van der Waals surface area contributed by atoms with Gasteiger partial charge in [-0.05, 0) is 19.2 Å². The zero-order chi connectivity index (χ0) is 12.0. The summed E-state index contributed by atoms with van der Waals surface area (Å²) in [4.78, 5) is 9.00. The van der Waals surface area contributed by atoms with Gasteiger partial charge >= 0.3 is 0 Å². The molecule has 1 rings (SSSR count). The normalized spacial score (nSPS) is 20.5. The van der Waals surface area contributed by atoms with Crippen LogP contribution in [0.3, 0.4) is 0 Å². The molecule has 1 aliphatic heterocycles. The first kappa shape index (κ1) is 12.9. The van der Waals surface area contributed by atoms with Crippen LogP contribution in [-0.4, -0.2) is 62.3 Å². The zero-order valence-electron chi connectivity index (χ0n) is 10.3. The fraction of sp³-hybridized carbons (Fsp3) is 0.583. The Balaban J connectivity index is 2.42. The van der Waals surface area contributed by atoms with Crippen LogP contribution in [-0.2, 0) is 0 Å². The highest BCUT2D eigenvalue weighted by Gasteiger charge is 2.14. The van der Waals surface area contributed by atoms with Crippen LogP contribution in [0, 0.1) is 0 Å². The van der Waals surface area contributed by atoms with E-state index in [4.69, 9.17) is 5.73 Å². The van der Waals surface area contributed by atoms with Crippen LogP contribution in [0.25, 0.3) is 0 Å². The molecule has 90 valence electrons. The Morgan fingerprint density at radius 1 is 1.31 bits per heavy atom. The summed E-state index contributed by atoms with van der Waals surface area (Å²) >= 11 is 0. The van der Waals surface area contributed by atoms with Gasteiger partial charge in [-0.15, -0.1) is 0 Å². The van der Waals surface area contributed by atoms with E-state index in [1.165, 1.54) is 0 Å². The topological polar surface area (TPSA) is 44.9 Å². The molecular weight excluding hydrogens is 200 g/mol. The van der Waals surface area contributed by atoms with Crippen molar-refractivity contribution in [1.82, 2.24) is 9.80 Å². The van der Waals surface area contributed by atoms with Crippen molar-refractivity contribution in [2.75, 3.05) is 46.8 Å². The number of nitrogens with two attached hydrogens (primary N) is 1. The van der Waals surface area contributed by atoms with Crippen molar-refractivity contribution in [2.24, 2.45) is 10.7 Å². The number of likely N-dealkylation sites (N-methyl/N-ethyl adjacent to an activating group) is 1. The number of hydrogen-bond acceptors (Lipinski definition) is 4. The Bertz CT molecular complexity index is 285. The molecule has 0 aromatic rings. The summed E-state index contributed by atoms with van der Waals surface area (Å²) in [5.41, 5.74) is 7.11. The van der Waals surface area contributed by atoms with Crippen LogP contribution in [0.5, 0.6) is 0 Å². The monoisotopic (exact) mass is 222 g/mol. The maximum absolute atomic E-state index is 5.49. The average molecular weight is 222 g/mol. The minimum Gasteiger partial charge on any atom is -0.399 e. The lowest BCUT2D eigenvalue weighted by atomic mass is 10.2. The van der Waals surface area contributed by atoms with E-state index < -0.39 is 0 Å². The predicted octanol–water partition coefficient (Wildman–Crippen LogP) is 0.333. The van der Waals surface area contributed by atoms with Crippen LogP contribution in [0.1, 0.15) is 0 Å². The number of aliphatic imine (C=N–C) groups is 1. The Labute approximate surface area is 98.1 Å². The lowest BCUT2D eigenvalue weighted by Gasteiger charge is -2.32. The number of rotatable bonds is 4. The first-order valence-electron chi connectivity index (χ1n) is 5.61. The summed E-state index contributed by atoms with van der Waals surface area (Å²) in [6.07, 6.45) is 3.75. The second-order valence-corrected chi connectivity index (χ2v) is 4.20. The van der Waals surface area contributed by atoms with Crippen molar-refractivity contribution >= 4 is 5.71 Å². The molecule has 0 radical (unpaired) electrons. The summed E-state index contributed by atoms with van der Waals surface area (Å²) in [6, 6.07) is 0. The number of piperazine rings is 1. The molecule has 1 heterocycles. The van der Waals surface area contributed by atoms with Gasteiger partial charge in [-0.1, -0.05) is 6.58 Å². The van der Waals surface area contributed by atoms with Crippen molar-refractivity contribution in [3.63, 3.8) is 0 Å². The van der Waals surface area contributed by atoms with Crippen molar-refractivity contribution in [2.45, 2.75) is 0 Å². The molecule has 2 N–H and O–H groups in total. The van der Waals surface area contributed by atoms with Crippen molar-refractivity contribution < 1.29 is 0 Å². The van der Waals surface area contributed by atoms with E-state index in [2.05, 4.69) is 28.4 Å². The third-order valence-electron chi connectivity index (χ3n) is 2.76. The molecule has 0 bridgehead atoms. The molecule has 1 saturated heterocycles. The number of allylic oxidation sites excluding steroid dienone is 1. The largest absolute Gasteiger partial charge is 0.399 e. The van der Waals surface area contributed by atoms with Gasteiger partial charge in [0.15, 0.2) is 0 Å². The summed E-state index contributed by atoms with van der Waals surface area (Å²) in [6.45, 7) is 9.00. The van der Waals surface area contributed by atoms with Gasteiger partial charge < -0.3 is 10.6 Å². The number of hydrogen-bond donors (Lipinski definition) is 1. The third-order valence-corrected chi connectivity index (χ3v) is 2.76. The summed E-state index contributed by atoms with van der Waals surface area (Å²) in [5.74, 6) is 0. The van der Waals surface area contributed by atoms with E-state index in [0.29, 0.717) is 5.70 Å². The molecular formula is C12H22N4. The van der Waals surface area contributed by atoms with E-state index >= 15 is 0 Å². The molecule has 0 amide bonds. The maximum Gasteiger partial charge on any atom is 0.0486 e. The molecule has 1 fully saturated rings. The van der Waals surface area contributed by atoms with Crippen LogP contribution < -0.4 is 5.73 Å².